The van der Waals surface area contributed by atoms with E-state index in [0.717, 1.165) is 57.1 Å². The number of esters is 3. The Balaban J connectivity index is 1.60. The average Bonchev–Trinajstić information content (AvgIpc) is 3.73. The molecule has 0 aromatic heterocycles. The van der Waals surface area contributed by atoms with Crippen LogP contribution in [0.1, 0.15) is 219 Å². The Hall–Kier alpha value is -1.97. The third kappa shape index (κ3) is 26.6. The first-order valence-corrected chi connectivity index (χ1v) is 24.2. The standard InChI is InChI=1S/C45H82N2O7S/c1-3-5-7-9-11-13-15-17-19-21-23-25-27-32-41(48)52-35-38(54-43(50)34-28-26-24-22-20-18-16-14-12-10-8-6-4-2)36-53-42(49)33-30-29-31-40-44-39(37-55-40)46-45(51)47-44/h38-40,44H,3-37H2,1-2H3,(H2,46,47,51)/t38-,39+,40+,44+/m1/s1. The minimum atomic E-state index is -0.806. The lowest BCUT2D eigenvalue weighted by Gasteiger charge is -2.18. The first-order valence-electron chi connectivity index (χ1n) is 23.1. The number of urea groups is 1. The second kappa shape index (κ2) is 34.1. The number of nitrogens with one attached hydrogen (secondary N) is 2. The van der Waals surface area contributed by atoms with Gasteiger partial charge in [0.15, 0.2) is 6.10 Å². The summed E-state index contributed by atoms with van der Waals surface area (Å²) in [6.07, 6.45) is 34.9. The Bertz CT molecular complexity index is 998. The summed E-state index contributed by atoms with van der Waals surface area (Å²) in [4.78, 5) is 49.6. The fraction of sp³-hybridized carbons (Fsp3) is 0.911. The van der Waals surface area contributed by atoms with Crippen LogP contribution in [-0.4, -0.2) is 66.3 Å². The van der Waals surface area contributed by atoms with Crippen LogP contribution in [0.3, 0.4) is 0 Å². The molecule has 9 nitrogen and oxygen atoms in total. The van der Waals surface area contributed by atoms with Crippen molar-refractivity contribution in [1.29, 1.82) is 0 Å². The van der Waals surface area contributed by atoms with Crippen LogP contribution in [0.25, 0.3) is 0 Å². The van der Waals surface area contributed by atoms with Crippen molar-refractivity contribution in [1.82, 2.24) is 10.6 Å². The summed E-state index contributed by atoms with van der Waals surface area (Å²) in [5, 5.41) is 6.33. The van der Waals surface area contributed by atoms with Crippen molar-refractivity contribution in [2.75, 3.05) is 19.0 Å². The number of hydrogen-bond acceptors (Lipinski definition) is 8. The van der Waals surface area contributed by atoms with Crippen LogP contribution in [0.15, 0.2) is 0 Å². The number of rotatable bonds is 38. The van der Waals surface area contributed by atoms with Crippen LogP contribution in [0.2, 0.25) is 0 Å². The van der Waals surface area contributed by atoms with Gasteiger partial charge in [-0.05, 0) is 25.7 Å². The molecule has 55 heavy (non-hydrogen) atoms. The van der Waals surface area contributed by atoms with Gasteiger partial charge in [-0.3, -0.25) is 14.4 Å². The first-order chi connectivity index (χ1) is 26.9. The number of amides is 2. The van der Waals surface area contributed by atoms with Crippen LogP contribution >= 0.6 is 11.8 Å². The number of carbonyl (C=O) groups excluding carboxylic acids is 4. The molecule has 0 aromatic carbocycles. The minimum absolute atomic E-state index is 0.0891. The van der Waals surface area contributed by atoms with Crippen molar-refractivity contribution < 1.29 is 33.4 Å². The van der Waals surface area contributed by atoms with Crippen LogP contribution in [-0.2, 0) is 28.6 Å². The van der Waals surface area contributed by atoms with E-state index in [9.17, 15) is 19.2 Å². The highest BCUT2D eigenvalue weighted by Gasteiger charge is 2.42. The van der Waals surface area contributed by atoms with E-state index in [2.05, 4.69) is 24.5 Å². The molecule has 2 heterocycles. The van der Waals surface area contributed by atoms with E-state index in [-0.39, 0.29) is 55.7 Å². The average molecular weight is 795 g/mol. The number of hydrogen-bond donors (Lipinski definition) is 2. The molecule has 2 rings (SSSR count). The molecule has 2 aliphatic rings. The maximum absolute atomic E-state index is 12.8. The van der Waals surface area contributed by atoms with Crippen molar-refractivity contribution in [3.8, 4) is 0 Å². The largest absolute Gasteiger partial charge is 0.462 e. The number of unbranched alkanes of at least 4 members (excludes halogenated alkanes) is 25. The lowest BCUT2D eigenvalue weighted by Crippen LogP contribution is -2.36. The lowest BCUT2D eigenvalue weighted by molar-refractivity contribution is -0.167. The van der Waals surface area contributed by atoms with Gasteiger partial charge in [0.2, 0.25) is 0 Å². The zero-order valence-electron chi connectivity index (χ0n) is 35.3. The molecule has 2 saturated heterocycles. The molecule has 4 atom stereocenters. The highest BCUT2D eigenvalue weighted by Crippen LogP contribution is 2.33. The molecule has 0 aliphatic carbocycles. The molecule has 0 radical (unpaired) electrons. The van der Waals surface area contributed by atoms with Gasteiger partial charge in [0.25, 0.3) is 0 Å². The van der Waals surface area contributed by atoms with E-state index in [4.69, 9.17) is 14.2 Å². The second-order valence-corrected chi connectivity index (χ2v) is 17.6. The van der Waals surface area contributed by atoms with Crippen molar-refractivity contribution in [2.45, 2.75) is 243 Å². The molecule has 0 unspecified atom stereocenters. The number of thioether (sulfide) groups is 1. The topological polar surface area (TPSA) is 120 Å². The van der Waals surface area contributed by atoms with Gasteiger partial charge in [0.1, 0.15) is 13.2 Å². The number of fused-ring (bicyclic) bond motifs is 1. The summed E-state index contributed by atoms with van der Waals surface area (Å²) in [7, 11) is 0. The lowest BCUT2D eigenvalue weighted by atomic mass is 10.0. The Morgan fingerprint density at radius 2 is 0.927 bits per heavy atom. The summed E-state index contributed by atoms with van der Waals surface area (Å²) >= 11 is 1.87. The predicted molar refractivity (Wildman–Crippen MR) is 226 cm³/mol. The van der Waals surface area contributed by atoms with Gasteiger partial charge in [0.05, 0.1) is 12.1 Å². The SMILES string of the molecule is CCCCCCCCCCCCCCCC(=O)OC[C@H](COC(=O)CCCC[C@@H]1SC[C@@H]2NC(=O)N[C@@H]21)OC(=O)CCCCCCCCCCCCCCC. The molecule has 10 heteroatoms. The van der Waals surface area contributed by atoms with Crippen molar-refractivity contribution in [3.05, 3.63) is 0 Å². The fourth-order valence-electron chi connectivity index (χ4n) is 7.71. The van der Waals surface area contributed by atoms with Crippen LogP contribution < -0.4 is 10.6 Å². The zero-order chi connectivity index (χ0) is 39.6. The van der Waals surface area contributed by atoms with E-state index >= 15 is 0 Å². The predicted octanol–water partition coefficient (Wildman–Crippen LogP) is 11.7. The number of ether oxygens (including phenoxy) is 3. The quantitative estimate of drug-likeness (QED) is 0.0274. The maximum atomic E-state index is 12.8. The van der Waals surface area contributed by atoms with Gasteiger partial charge >= 0.3 is 23.9 Å². The molecule has 2 aliphatic heterocycles. The molecular formula is C45H82N2O7S. The van der Waals surface area contributed by atoms with Gasteiger partial charge in [-0.15, -0.1) is 0 Å². The third-order valence-electron chi connectivity index (χ3n) is 11.2. The summed E-state index contributed by atoms with van der Waals surface area (Å²) in [5.41, 5.74) is 0. The normalized spacial score (nSPS) is 18.1. The molecule has 2 amide bonds. The molecule has 0 aromatic rings. The molecule has 2 fully saturated rings. The highest BCUT2D eigenvalue weighted by atomic mass is 32.2. The van der Waals surface area contributed by atoms with Crippen molar-refractivity contribution in [3.63, 3.8) is 0 Å². The van der Waals surface area contributed by atoms with Gasteiger partial charge in [-0.2, -0.15) is 11.8 Å². The molecule has 2 N–H and O–H groups in total. The first kappa shape index (κ1) is 49.2. The molecule has 320 valence electrons. The summed E-state index contributed by atoms with van der Waals surface area (Å²) in [5.74, 6) is -0.0618. The third-order valence-corrected chi connectivity index (χ3v) is 12.7. The van der Waals surface area contributed by atoms with Crippen LogP contribution in [0.5, 0.6) is 0 Å². The maximum Gasteiger partial charge on any atom is 0.315 e. The van der Waals surface area contributed by atoms with Gasteiger partial charge in [-0.25, -0.2) is 4.79 Å². The summed E-state index contributed by atoms with van der Waals surface area (Å²) < 4.78 is 16.7. The van der Waals surface area contributed by atoms with Gasteiger partial charge in [-0.1, -0.05) is 174 Å². The number of carbonyl (C=O) groups is 4. The van der Waals surface area contributed by atoms with Gasteiger partial charge < -0.3 is 24.8 Å². The van der Waals surface area contributed by atoms with E-state index in [1.54, 1.807) is 0 Å². The van der Waals surface area contributed by atoms with Crippen LogP contribution in [0.4, 0.5) is 4.79 Å². The van der Waals surface area contributed by atoms with Gasteiger partial charge in [0, 0.05) is 30.3 Å². The van der Waals surface area contributed by atoms with Crippen LogP contribution in [0, 0.1) is 0 Å². The Labute approximate surface area is 340 Å². The van der Waals surface area contributed by atoms with Crippen molar-refractivity contribution >= 4 is 35.7 Å². The van der Waals surface area contributed by atoms with E-state index < -0.39 is 6.10 Å². The Morgan fingerprint density at radius 1 is 0.545 bits per heavy atom. The van der Waals surface area contributed by atoms with Crippen molar-refractivity contribution in [2.24, 2.45) is 0 Å². The molecule has 0 bridgehead atoms. The monoisotopic (exact) mass is 795 g/mol. The molecular weight excluding hydrogens is 713 g/mol. The summed E-state index contributed by atoms with van der Waals surface area (Å²) in [6.45, 7) is 4.30. The van der Waals surface area contributed by atoms with E-state index in [1.807, 2.05) is 11.8 Å². The smallest absolute Gasteiger partial charge is 0.315 e. The molecule has 0 spiro atoms. The minimum Gasteiger partial charge on any atom is -0.462 e. The summed E-state index contributed by atoms with van der Waals surface area (Å²) in [6, 6.07) is 0.265. The Morgan fingerprint density at radius 3 is 1.36 bits per heavy atom. The highest BCUT2D eigenvalue weighted by molar-refractivity contribution is 8.00. The van der Waals surface area contributed by atoms with E-state index in [0.29, 0.717) is 24.5 Å². The van der Waals surface area contributed by atoms with E-state index in [1.165, 1.54) is 128 Å². The molecule has 0 saturated carbocycles. The fourth-order valence-corrected chi connectivity index (χ4v) is 9.25. The second-order valence-electron chi connectivity index (χ2n) is 16.3. The Kier molecular flexibility index (Phi) is 30.5. The zero-order valence-corrected chi connectivity index (χ0v) is 36.1.